The number of hydrogen-bond acceptors (Lipinski definition) is 9. The lowest BCUT2D eigenvalue weighted by Gasteiger charge is -2.12. The molecule has 0 atom stereocenters. The van der Waals surface area contributed by atoms with Crippen LogP contribution in [0.2, 0.25) is 0 Å². The van der Waals surface area contributed by atoms with Crippen molar-refractivity contribution in [3.63, 3.8) is 0 Å². The Kier molecular flexibility index (Phi) is 5.51. The number of hydrogen-bond donors (Lipinski definition) is 0. The van der Waals surface area contributed by atoms with Gasteiger partial charge in [-0.15, -0.1) is 16.4 Å². The molecule has 1 fully saturated rings. The summed E-state index contributed by atoms with van der Waals surface area (Å²) >= 11 is 1.06. The molecule has 1 aromatic carbocycles. The van der Waals surface area contributed by atoms with Crippen molar-refractivity contribution < 1.29 is 9.13 Å². The topological polar surface area (TPSA) is 144 Å². The number of fused-ring (bicyclic) bond motifs is 2. The minimum absolute atomic E-state index is 0.0240. The van der Waals surface area contributed by atoms with E-state index >= 15 is 0 Å². The number of aromatic nitrogens is 6. The average Bonchev–Trinajstić information content (AvgIpc) is 3.51. The number of ether oxygens (including phenoxy) is 1. The highest BCUT2D eigenvalue weighted by atomic mass is 32.1. The Bertz CT molecular complexity index is 1970. The minimum atomic E-state index is -0.691. The Morgan fingerprint density at radius 3 is 2.74 bits per heavy atom. The minimum Gasteiger partial charge on any atom is -0.494 e. The number of nitriles is 2. The first-order valence-electron chi connectivity index (χ1n) is 11.6. The van der Waals surface area contributed by atoms with Crippen molar-refractivity contribution in [2.75, 3.05) is 7.11 Å². The van der Waals surface area contributed by atoms with E-state index in [4.69, 9.17) is 4.74 Å². The van der Waals surface area contributed by atoms with Gasteiger partial charge in [0.2, 0.25) is 0 Å². The van der Waals surface area contributed by atoms with Crippen LogP contribution in [-0.4, -0.2) is 36.2 Å². The molecule has 0 amide bonds. The van der Waals surface area contributed by atoms with Crippen LogP contribution in [0.15, 0.2) is 40.2 Å². The van der Waals surface area contributed by atoms with Gasteiger partial charge in [0.05, 0.1) is 60.9 Å². The first-order valence-corrected chi connectivity index (χ1v) is 12.4. The number of halogens is 1. The lowest BCUT2D eigenvalue weighted by Crippen LogP contribution is -2.38. The zero-order valence-electron chi connectivity index (χ0n) is 19.9. The van der Waals surface area contributed by atoms with Crippen LogP contribution in [0.3, 0.4) is 0 Å². The summed E-state index contributed by atoms with van der Waals surface area (Å²) in [5.74, 6) is -0.752. The molecule has 0 aliphatic heterocycles. The second-order valence-electron chi connectivity index (χ2n) is 8.74. The smallest absolute Gasteiger partial charge is 0.336 e. The van der Waals surface area contributed by atoms with Gasteiger partial charge in [0, 0.05) is 17.0 Å². The summed E-state index contributed by atoms with van der Waals surface area (Å²) in [7, 11) is 1.31. The lowest BCUT2D eigenvalue weighted by molar-refractivity contribution is 0.386. The Balaban J connectivity index is 1.67. The number of thiophene rings is 1. The molecule has 1 aliphatic rings. The second-order valence-corrected chi connectivity index (χ2v) is 9.80. The van der Waals surface area contributed by atoms with Crippen molar-refractivity contribution in [1.29, 1.82) is 10.5 Å². The lowest BCUT2D eigenvalue weighted by atomic mass is 10.1. The molecule has 0 unspecified atom stereocenters. The Morgan fingerprint density at radius 1 is 1.21 bits per heavy atom. The highest BCUT2D eigenvalue weighted by Gasteiger charge is 2.29. The van der Waals surface area contributed by atoms with Gasteiger partial charge < -0.3 is 4.74 Å². The van der Waals surface area contributed by atoms with Crippen LogP contribution in [0, 0.1) is 28.5 Å². The monoisotopic (exact) mass is 528 g/mol. The SMILES string of the molecule is COc1cc(-c2cc3c(s2)c(=O)n(-c2cncc4nnn(C5CC5)c24)c(=O)n3CCC#N)c(C#N)cc1F. The van der Waals surface area contributed by atoms with Crippen LogP contribution in [0.25, 0.3) is 37.4 Å². The van der Waals surface area contributed by atoms with E-state index in [9.17, 15) is 24.5 Å². The Morgan fingerprint density at radius 2 is 2.03 bits per heavy atom. The molecule has 38 heavy (non-hydrogen) atoms. The van der Waals surface area contributed by atoms with E-state index in [0.29, 0.717) is 27.0 Å². The van der Waals surface area contributed by atoms with E-state index in [1.807, 2.05) is 12.1 Å². The van der Waals surface area contributed by atoms with Crippen LogP contribution >= 0.6 is 11.3 Å². The third-order valence-electron chi connectivity index (χ3n) is 6.44. The Labute approximate surface area is 217 Å². The summed E-state index contributed by atoms with van der Waals surface area (Å²) in [6, 6.07) is 8.20. The van der Waals surface area contributed by atoms with Gasteiger partial charge in [-0.3, -0.25) is 14.3 Å². The van der Waals surface area contributed by atoms with Crippen molar-refractivity contribution in [1.82, 2.24) is 29.1 Å². The van der Waals surface area contributed by atoms with E-state index in [1.54, 1.807) is 10.7 Å². The molecule has 0 saturated heterocycles. The highest BCUT2D eigenvalue weighted by Crippen LogP contribution is 2.38. The van der Waals surface area contributed by atoms with Crippen molar-refractivity contribution in [3.05, 3.63) is 62.8 Å². The van der Waals surface area contributed by atoms with Gasteiger partial charge >= 0.3 is 5.69 Å². The fraction of sp³-hybridized carbons (Fsp3) is 0.240. The molecule has 5 aromatic rings. The third-order valence-corrected chi connectivity index (χ3v) is 7.58. The number of nitrogens with zero attached hydrogens (tertiary/aromatic N) is 8. The molecule has 1 saturated carbocycles. The summed E-state index contributed by atoms with van der Waals surface area (Å²) < 4.78 is 23.7. The maximum absolute atomic E-state index is 14.3. The quantitative estimate of drug-likeness (QED) is 0.326. The van der Waals surface area contributed by atoms with Crippen molar-refractivity contribution in [3.8, 4) is 34.0 Å². The van der Waals surface area contributed by atoms with Crippen molar-refractivity contribution in [2.45, 2.75) is 31.8 Å². The molecule has 13 heteroatoms. The number of pyridine rings is 1. The molecule has 0 N–H and O–H groups in total. The van der Waals surface area contributed by atoms with Gasteiger partial charge in [-0.1, -0.05) is 5.21 Å². The number of benzene rings is 1. The van der Waals surface area contributed by atoms with Crippen LogP contribution in [-0.2, 0) is 6.54 Å². The molecular weight excluding hydrogens is 511 g/mol. The van der Waals surface area contributed by atoms with Crippen LogP contribution in [0.4, 0.5) is 4.39 Å². The van der Waals surface area contributed by atoms with E-state index < -0.39 is 17.1 Å². The third kappa shape index (κ3) is 3.55. The molecular formula is C25H17FN8O3S. The van der Waals surface area contributed by atoms with Crippen molar-refractivity contribution >= 4 is 32.6 Å². The first kappa shape index (κ1) is 23.5. The summed E-state index contributed by atoms with van der Waals surface area (Å²) in [4.78, 5) is 32.3. The fourth-order valence-corrected chi connectivity index (χ4v) is 5.62. The van der Waals surface area contributed by atoms with Gasteiger partial charge in [0.1, 0.15) is 15.7 Å². The van der Waals surface area contributed by atoms with Gasteiger partial charge in [-0.2, -0.15) is 10.5 Å². The molecule has 4 aromatic heterocycles. The number of aryl methyl sites for hydroxylation is 1. The van der Waals surface area contributed by atoms with Crippen LogP contribution < -0.4 is 16.0 Å². The standard InChI is InChI=1S/C25H17FN8O3S/c1-37-20-8-15(13(10-28)7-16(20)26)21-9-18-23(38-21)24(35)33(25(36)32(18)6-2-5-27)19-12-29-11-17-22(19)34(31-30-17)14-3-4-14/h7-9,11-12,14H,2-4,6H2,1H3. The molecule has 0 spiro atoms. The fourth-order valence-electron chi connectivity index (χ4n) is 4.50. The summed E-state index contributed by atoms with van der Waals surface area (Å²) in [6.07, 6.45) is 4.81. The maximum Gasteiger partial charge on any atom is 0.336 e. The molecule has 0 bridgehead atoms. The summed E-state index contributed by atoms with van der Waals surface area (Å²) in [5.41, 5.74) is 0.724. The first-order chi connectivity index (χ1) is 18.5. The van der Waals surface area contributed by atoms with Gasteiger partial charge in [-0.25, -0.2) is 18.4 Å². The summed E-state index contributed by atoms with van der Waals surface area (Å²) in [5, 5.41) is 27.2. The molecule has 188 valence electrons. The number of methoxy groups -OCH3 is 1. The molecule has 11 nitrogen and oxygen atoms in total. The zero-order chi connectivity index (χ0) is 26.6. The van der Waals surface area contributed by atoms with E-state index in [2.05, 4.69) is 15.3 Å². The average molecular weight is 529 g/mol. The predicted octanol–water partition coefficient (Wildman–Crippen LogP) is 3.29. The van der Waals surface area contributed by atoms with Crippen molar-refractivity contribution in [2.24, 2.45) is 0 Å². The second kappa shape index (κ2) is 8.90. The Hall–Kier alpha value is -4.88. The van der Waals surface area contributed by atoms with E-state index in [-0.39, 0.29) is 40.7 Å². The summed E-state index contributed by atoms with van der Waals surface area (Å²) in [6.45, 7) is 0.0314. The van der Waals surface area contributed by atoms with Gasteiger partial charge in [0.25, 0.3) is 5.56 Å². The van der Waals surface area contributed by atoms with E-state index in [1.165, 1.54) is 30.1 Å². The molecule has 4 heterocycles. The van der Waals surface area contributed by atoms with Crippen LogP contribution in [0.1, 0.15) is 30.9 Å². The van der Waals surface area contributed by atoms with Gasteiger partial charge in [0.15, 0.2) is 11.6 Å². The van der Waals surface area contributed by atoms with Crippen LogP contribution in [0.5, 0.6) is 5.75 Å². The maximum atomic E-state index is 14.3. The number of rotatable bonds is 6. The van der Waals surface area contributed by atoms with Gasteiger partial charge in [-0.05, 0) is 31.0 Å². The molecule has 1 aliphatic carbocycles. The molecule has 6 rings (SSSR count). The zero-order valence-corrected chi connectivity index (χ0v) is 20.7. The van der Waals surface area contributed by atoms with E-state index in [0.717, 1.165) is 34.8 Å². The largest absolute Gasteiger partial charge is 0.494 e. The predicted molar refractivity (Wildman–Crippen MR) is 136 cm³/mol. The molecule has 0 radical (unpaired) electrons. The highest BCUT2D eigenvalue weighted by molar-refractivity contribution is 7.22. The normalized spacial score (nSPS) is 13.1.